The van der Waals surface area contributed by atoms with Crippen LogP contribution < -0.4 is 25.4 Å². The van der Waals surface area contributed by atoms with Crippen molar-refractivity contribution >= 4 is 41.3 Å². The third kappa shape index (κ3) is 7.30. The van der Waals surface area contributed by atoms with E-state index in [-0.39, 0.29) is 17.6 Å². The number of amidine groups is 1. The van der Waals surface area contributed by atoms with E-state index in [1.165, 1.54) is 24.9 Å². The number of anilines is 2. The van der Waals surface area contributed by atoms with E-state index in [1.807, 2.05) is 52.0 Å². The number of amides is 1. The minimum Gasteiger partial charge on any atom is -0.493 e. The van der Waals surface area contributed by atoms with Crippen molar-refractivity contribution in [1.82, 2.24) is 20.1 Å². The van der Waals surface area contributed by atoms with Gasteiger partial charge in [-0.1, -0.05) is 19.1 Å². The van der Waals surface area contributed by atoms with E-state index in [1.54, 1.807) is 42.7 Å². The van der Waals surface area contributed by atoms with Crippen LogP contribution in [0.5, 0.6) is 11.5 Å². The Kier molecular flexibility index (Phi) is 8.91. The number of aromatic nitrogens is 3. The van der Waals surface area contributed by atoms with Gasteiger partial charge < -0.3 is 30.2 Å². The van der Waals surface area contributed by atoms with Gasteiger partial charge in [0.15, 0.2) is 11.5 Å². The number of nitrogens with zero attached hydrogens (tertiary/aromatic N) is 4. The van der Waals surface area contributed by atoms with Crippen molar-refractivity contribution in [2.45, 2.75) is 52.8 Å². The Morgan fingerprint density at radius 2 is 1.86 bits per heavy atom. The van der Waals surface area contributed by atoms with Gasteiger partial charge in [-0.15, -0.1) is 0 Å². The highest BCUT2D eigenvalue weighted by Gasteiger charge is 2.31. The first kappa shape index (κ1) is 32.9. The van der Waals surface area contributed by atoms with E-state index in [4.69, 9.17) is 19.2 Å². The molecule has 2 aromatic heterocycles. The zero-order chi connectivity index (χ0) is 34.9. The molecule has 3 heterocycles. The molecule has 0 spiro atoms. The Bertz CT molecular complexity index is 1990. The molecule has 0 fully saturated rings. The molecule has 2 aliphatic rings. The lowest BCUT2D eigenvalue weighted by atomic mass is 9.92. The van der Waals surface area contributed by atoms with Gasteiger partial charge in [0, 0.05) is 59.4 Å². The number of methoxy groups -OCH3 is 1. The van der Waals surface area contributed by atoms with Gasteiger partial charge in [-0.2, -0.15) is 9.78 Å². The standard InChI is InChI=1S/C36H37N7O6/c1-20-13-29-24(19-38-43(29)35(46)49-36(3,4)5)15-27(20)40-33-26-16-31(48-21(2)44)30(47-6)17-28(26)41-32(42-33)22-9-7-11-25(14-22)39-34(45)23-10-8-12-37-18-23/h7-12,14-20,33,40H,13H2,1-6H3,(H,39,45)(H,41,42). The number of esters is 1. The third-order valence-electron chi connectivity index (χ3n) is 7.83. The fourth-order valence-corrected chi connectivity index (χ4v) is 5.59. The molecule has 49 heavy (non-hydrogen) atoms. The zero-order valence-corrected chi connectivity index (χ0v) is 28.0. The number of carbonyl (C=O) groups is 3. The van der Waals surface area contributed by atoms with Crippen LogP contribution in [0.1, 0.15) is 73.5 Å². The molecule has 0 saturated heterocycles. The smallest absolute Gasteiger partial charge is 0.435 e. The van der Waals surface area contributed by atoms with Crippen molar-refractivity contribution in [3.8, 4) is 11.5 Å². The molecule has 2 aromatic carbocycles. The van der Waals surface area contributed by atoms with Crippen molar-refractivity contribution in [1.29, 1.82) is 0 Å². The lowest BCUT2D eigenvalue weighted by molar-refractivity contribution is -0.132. The molecule has 1 aliphatic carbocycles. The molecule has 13 nitrogen and oxygen atoms in total. The molecule has 1 aliphatic heterocycles. The molecule has 13 heteroatoms. The number of carbonyl (C=O) groups excluding carboxylic acids is 3. The maximum atomic E-state index is 12.9. The predicted octanol–water partition coefficient (Wildman–Crippen LogP) is 5.94. The van der Waals surface area contributed by atoms with E-state index >= 15 is 0 Å². The molecule has 4 aromatic rings. The number of fused-ring (bicyclic) bond motifs is 2. The number of benzene rings is 2. The predicted molar refractivity (Wildman–Crippen MR) is 184 cm³/mol. The average molecular weight is 664 g/mol. The summed E-state index contributed by atoms with van der Waals surface area (Å²) in [6, 6.07) is 14.2. The molecule has 0 radical (unpaired) electrons. The number of allylic oxidation sites excluding steroid dienone is 1. The maximum Gasteiger partial charge on any atom is 0.435 e. The highest BCUT2D eigenvalue weighted by molar-refractivity contribution is 6.11. The van der Waals surface area contributed by atoms with Crippen LogP contribution in [0.4, 0.5) is 16.2 Å². The number of hydrogen-bond acceptors (Lipinski definition) is 11. The number of hydrogen-bond donors (Lipinski definition) is 3. The normalized spacial score (nSPS) is 16.5. The van der Waals surface area contributed by atoms with Crippen LogP contribution in [-0.4, -0.2) is 51.3 Å². The summed E-state index contributed by atoms with van der Waals surface area (Å²) < 4.78 is 17.9. The second-order valence-electron chi connectivity index (χ2n) is 12.8. The first-order chi connectivity index (χ1) is 23.4. The van der Waals surface area contributed by atoms with Gasteiger partial charge >= 0.3 is 12.1 Å². The van der Waals surface area contributed by atoms with Crippen LogP contribution in [0.25, 0.3) is 6.08 Å². The Hall–Kier alpha value is -5.98. The molecule has 2 unspecified atom stereocenters. The molecule has 3 N–H and O–H groups in total. The van der Waals surface area contributed by atoms with Gasteiger partial charge in [0.2, 0.25) is 0 Å². The van der Waals surface area contributed by atoms with Crippen LogP contribution in [0.3, 0.4) is 0 Å². The van der Waals surface area contributed by atoms with E-state index in [0.29, 0.717) is 40.5 Å². The third-order valence-corrected chi connectivity index (χ3v) is 7.83. The Balaban J connectivity index is 1.35. The topological polar surface area (TPSA) is 158 Å². The highest BCUT2D eigenvalue weighted by Crippen LogP contribution is 2.41. The number of pyridine rings is 1. The van der Waals surface area contributed by atoms with Gasteiger partial charge in [0.1, 0.15) is 17.6 Å². The van der Waals surface area contributed by atoms with Crippen LogP contribution in [-0.2, 0) is 16.0 Å². The summed E-state index contributed by atoms with van der Waals surface area (Å²) in [6.07, 6.45) is 6.09. The van der Waals surface area contributed by atoms with Gasteiger partial charge in [-0.3, -0.25) is 14.6 Å². The zero-order valence-electron chi connectivity index (χ0n) is 28.0. The number of aliphatic imine (C=N–C) groups is 1. The van der Waals surface area contributed by atoms with Crippen molar-refractivity contribution in [2.24, 2.45) is 10.9 Å². The summed E-state index contributed by atoms with van der Waals surface area (Å²) in [5, 5.41) is 14.2. The minimum absolute atomic E-state index is 0.0421. The van der Waals surface area contributed by atoms with Crippen molar-refractivity contribution < 1.29 is 28.6 Å². The maximum absolute atomic E-state index is 12.9. The van der Waals surface area contributed by atoms with Crippen molar-refractivity contribution in [3.05, 3.63) is 101 Å². The summed E-state index contributed by atoms with van der Waals surface area (Å²) in [6.45, 7) is 8.82. The van der Waals surface area contributed by atoms with Gasteiger partial charge in [-0.05, 0) is 63.6 Å². The summed E-state index contributed by atoms with van der Waals surface area (Å²) in [4.78, 5) is 46.7. The molecule has 0 saturated carbocycles. The SMILES string of the molecule is COc1cc2c(cc1OC(C)=O)C(NC1=Cc3cnn(C(=O)OC(C)(C)C)c3CC1C)N=C(c1cccc(NC(=O)c3cccnc3)c1)N2. The molecule has 6 rings (SSSR count). The summed E-state index contributed by atoms with van der Waals surface area (Å²) in [5.41, 5.74) is 4.89. The van der Waals surface area contributed by atoms with Crippen molar-refractivity contribution in [2.75, 3.05) is 17.7 Å². The second-order valence-corrected chi connectivity index (χ2v) is 12.8. The first-order valence-corrected chi connectivity index (χ1v) is 15.7. The average Bonchev–Trinajstić information content (AvgIpc) is 3.46. The molecule has 1 amide bonds. The van der Waals surface area contributed by atoms with E-state index < -0.39 is 23.8 Å². The lowest BCUT2D eigenvalue weighted by Gasteiger charge is -2.31. The van der Waals surface area contributed by atoms with E-state index in [2.05, 4.69) is 26.0 Å². The molecule has 252 valence electrons. The largest absolute Gasteiger partial charge is 0.493 e. The Morgan fingerprint density at radius 1 is 1.04 bits per heavy atom. The second kappa shape index (κ2) is 13.3. The quantitative estimate of drug-likeness (QED) is 0.160. The first-order valence-electron chi connectivity index (χ1n) is 15.7. The van der Waals surface area contributed by atoms with E-state index in [9.17, 15) is 14.4 Å². The number of rotatable bonds is 7. The summed E-state index contributed by atoms with van der Waals surface area (Å²) in [7, 11) is 1.50. The van der Waals surface area contributed by atoms with Crippen molar-refractivity contribution in [3.63, 3.8) is 0 Å². The minimum atomic E-state index is -0.658. The number of ether oxygens (including phenoxy) is 3. The molecular formula is C36H37N7O6. The van der Waals surface area contributed by atoms with Crippen LogP contribution in [0, 0.1) is 5.92 Å². The van der Waals surface area contributed by atoms with Gasteiger partial charge in [0.05, 0.1) is 30.3 Å². The molecular weight excluding hydrogens is 626 g/mol. The molecule has 2 atom stereocenters. The Morgan fingerprint density at radius 3 is 2.57 bits per heavy atom. The Labute approximate surface area is 283 Å². The lowest BCUT2D eigenvalue weighted by Crippen LogP contribution is -2.33. The summed E-state index contributed by atoms with van der Waals surface area (Å²) in [5.74, 6) is 0.339. The molecule has 0 bridgehead atoms. The van der Waals surface area contributed by atoms with E-state index in [0.717, 1.165) is 22.5 Å². The summed E-state index contributed by atoms with van der Waals surface area (Å²) >= 11 is 0. The fraction of sp³-hybridized carbons (Fsp3) is 0.278. The monoisotopic (exact) mass is 663 g/mol. The van der Waals surface area contributed by atoms with Crippen LogP contribution in [0.15, 0.2) is 77.8 Å². The highest BCUT2D eigenvalue weighted by atomic mass is 16.6. The van der Waals surface area contributed by atoms with Crippen LogP contribution >= 0.6 is 0 Å². The fourth-order valence-electron chi connectivity index (χ4n) is 5.59. The number of nitrogens with one attached hydrogen (secondary N) is 3. The van der Waals surface area contributed by atoms with Gasteiger partial charge in [0.25, 0.3) is 5.91 Å². The van der Waals surface area contributed by atoms with Gasteiger partial charge in [-0.25, -0.2) is 9.79 Å². The van der Waals surface area contributed by atoms with Crippen LogP contribution in [0.2, 0.25) is 0 Å².